The molecule has 2 heterocycles. The molecule has 1 aliphatic heterocycles. The van der Waals surface area contributed by atoms with Gasteiger partial charge in [-0.1, -0.05) is 6.07 Å². The summed E-state index contributed by atoms with van der Waals surface area (Å²) in [6, 6.07) is 4.91. The minimum atomic E-state index is -0.410. The first-order chi connectivity index (χ1) is 10.3. The molecule has 2 unspecified atom stereocenters. The first-order valence-corrected chi connectivity index (χ1v) is 8.83. The Balaban J connectivity index is 1.37. The van der Waals surface area contributed by atoms with Crippen LogP contribution in [0.5, 0.6) is 0 Å². The lowest BCUT2D eigenvalue weighted by molar-refractivity contribution is -0.0264. The molecule has 118 valence electrons. The van der Waals surface area contributed by atoms with Gasteiger partial charge in [-0.25, -0.2) is 0 Å². The molecule has 0 radical (unpaired) electrons. The Morgan fingerprint density at radius 3 is 3.00 bits per heavy atom. The third-order valence-electron chi connectivity index (χ3n) is 4.09. The number of hydrogen-bond donors (Lipinski definition) is 1. The molecule has 1 aromatic heterocycles. The summed E-state index contributed by atoms with van der Waals surface area (Å²) in [5.41, 5.74) is 0. The molecule has 2 fully saturated rings. The van der Waals surface area contributed by atoms with E-state index in [0.29, 0.717) is 25.8 Å². The Morgan fingerprint density at radius 1 is 1.43 bits per heavy atom. The van der Waals surface area contributed by atoms with Gasteiger partial charge >= 0.3 is 0 Å². The number of ether oxygens (including phenoxy) is 2. The molecule has 0 aromatic carbocycles. The maximum Gasteiger partial charge on any atom is 0.0900 e. The molecule has 3 rings (SSSR count). The predicted molar refractivity (Wildman–Crippen MR) is 83.6 cm³/mol. The monoisotopic (exact) mass is 311 g/mol. The summed E-state index contributed by atoms with van der Waals surface area (Å²) in [7, 11) is 0. The molecular formula is C16H25NO3S. The van der Waals surface area contributed by atoms with Gasteiger partial charge in [-0.15, -0.1) is 11.3 Å². The highest BCUT2D eigenvalue weighted by Gasteiger charge is 2.30. The van der Waals surface area contributed by atoms with E-state index in [1.54, 1.807) is 11.3 Å². The first-order valence-electron chi connectivity index (χ1n) is 7.95. The van der Waals surface area contributed by atoms with Gasteiger partial charge in [0.2, 0.25) is 0 Å². The smallest absolute Gasteiger partial charge is 0.0900 e. The highest BCUT2D eigenvalue weighted by atomic mass is 32.1. The topological polar surface area (TPSA) is 41.9 Å². The Kier molecular flexibility index (Phi) is 5.66. The quantitative estimate of drug-likeness (QED) is 0.760. The molecule has 2 atom stereocenters. The normalized spacial score (nSPS) is 23.8. The zero-order valence-corrected chi connectivity index (χ0v) is 13.3. The van der Waals surface area contributed by atoms with Crippen LogP contribution >= 0.6 is 11.3 Å². The number of rotatable bonds is 9. The zero-order valence-electron chi connectivity index (χ0n) is 12.4. The van der Waals surface area contributed by atoms with E-state index >= 15 is 0 Å². The van der Waals surface area contributed by atoms with Crippen LogP contribution in [0.4, 0.5) is 0 Å². The van der Waals surface area contributed by atoms with Crippen LogP contribution < -0.4 is 0 Å². The number of hydrogen-bond acceptors (Lipinski definition) is 5. The van der Waals surface area contributed by atoms with Crippen LogP contribution in [0.25, 0.3) is 0 Å². The average Bonchev–Trinajstić information content (AvgIpc) is 2.97. The van der Waals surface area contributed by atoms with Crippen molar-refractivity contribution in [2.75, 3.05) is 26.4 Å². The van der Waals surface area contributed by atoms with Gasteiger partial charge in [-0.2, -0.15) is 0 Å². The fourth-order valence-electron chi connectivity index (χ4n) is 2.82. The summed E-state index contributed by atoms with van der Waals surface area (Å²) in [5, 5.41) is 12.3. The molecule has 21 heavy (non-hydrogen) atoms. The SMILES string of the molecule is OC(COCC1CCCO1)CN(Cc1cccs1)C1CC1. The van der Waals surface area contributed by atoms with E-state index in [1.807, 2.05) is 0 Å². The van der Waals surface area contributed by atoms with Gasteiger partial charge in [0.05, 0.1) is 25.4 Å². The van der Waals surface area contributed by atoms with Crippen LogP contribution in [0.15, 0.2) is 17.5 Å². The highest BCUT2D eigenvalue weighted by Crippen LogP contribution is 2.29. The van der Waals surface area contributed by atoms with E-state index in [1.165, 1.54) is 17.7 Å². The molecular weight excluding hydrogens is 286 g/mol. The van der Waals surface area contributed by atoms with Crippen molar-refractivity contribution in [3.63, 3.8) is 0 Å². The maximum absolute atomic E-state index is 10.2. The second-order valence-corrected chi connectivity index (χ2v) is 7.10. The molecule has 4 nitrogen and oxygen atoms in total. The van der Waals surface area contributed by atoms with E-state index in [4.69, 9.17) is 9.47 Å². The van der Waals surface area contributed by atoms with Gasteiger partial charge in [-0.05, 0) is 37.1 Å². The van der Waals surface area contributed by atoms with E-state index in [2.05, 4.69) is 22.4 Å². The predicted octanol–water partition coefficient (Wildman–Crippen LogP) is 2.27. The van der Waals surface area contributed by atoms with Crippen LogP contribution in [0.2, 0.25) is 0 Å². The van der Waals surface area contributed by atoms with Gasteiger partial charge in [0.25, 0.3) is 0 Å². The molecule has 2 aliphatic rings. The van der Waals surface area contributed by atoms with E-state index in [-0.39, 0.29) is 6.10 Å². The lowest BCUT2D eigenvalue weighted by Gasteiger charge is -2.24. The standard InChI is InChI=1S/C16H25NO3S/c18-14(11-19-12-15-3-1-7-20-15)9-17(13-5-6-13)10-16-4-2-8-21-16/h2,4,8,13-15,18H,1,3,5-7,9-12H2. The van der Waals surface area contributed by atoms with Crippen molar-refractivity contribution in [2.45, 2.75) is 50.5 Å². The minimum Gasteiger partial charge on any atom is -0.389 e. The van der Waals surface area contributed by atoms with E-state index in [0.717, 1.165) is 26.0 Å². The van der Waals surface area contributed by atoms with Gasteiger partial charge in [0.15, 0.2) is 0 Å². The van der Waals surface area contributed by atoms with Crippen LogP contribution in [-0.4, -0.2) is 54.6 Å². The number of nitrogens with zero attached hydrogens (tertiary/aromatic N) is 1. The Morgan fingerprint density at radius 2 is 2.33 bits per heavy atom. The third kappa shape index (κ3) is 5.04. The number of thiophene rings is 1. The van der Waals surface area contributed by atoms with Crippen molar-refractivity contribution in [1.82, 2.24) is 4.90 Å². The van der Waals surface area contributed by atoms with E-state index in [9.17, 15) is 5.11 Å². The second kappa shape index (κ2) is 7.70. The van der Waals surface area contributed by atoms with Gasteiger partial charge in [-0.3, -0.25) is 4.90 Å². The molecule has 1 saturated carbocycles. The maximum atomic E-state index is 10.2. The van der Waals surface area contributed by atoms with Crippen LogP contribution in [0.1, 0.15) is 30.6 Å². The summed E-state index contributed by atoms with van der Waals surface area (Å²) >= 11 is 1.79. The van der Waals surface area contributed by atoms with Crippen LogP contribution in [0, 0.1) is 0 Å². The molecule has 0 bridgehead atoms. The molecule has 1 N–H and O–H groups in total. The van der Waals surface area contributed by atoms with Crippen molar-refractivity contribution >= 4 is 11.3 Å². The van der Waals surface area contributed by atoms with E-state index < -0.39 is 6.10 Å². The molecule has 1 aromatic rings. The summed E-state index contributed by atoms with van der Waals surface area (Å²) < 4.78 is 11.1. The third-order valence-corrected chi connectivity index (χ3v) is 4.95. The van der Waals surface area contributed by atoms with Gasteiger partial charge in [0.1, 0.15) is 0 Å². The Bertz CT molecular complexity index is 402. The largest absolute Gasteiger partial charge is 0.389 e. The van der Waals surface area contributed by atoms with Crippen molar-refractivity contribution in [3.05, 3.63) is 22.4 Å². The second-order valence-electron chi connectivity index (χ2n) is 6.07. The fraction of sp³-hybridized carbons (Fsp3) is 0.750. The Hall–Kier alpha value is -0.460. The first kappa shape index (κ1) is 15.4. The molecule has 0 amide bonds. The van der Waals surface area contributed by atoms with Crippen molar-refractivity contribution in [3.8, 4) is 0 Å². The van der Waals surface area contributed by atoms with Gasteiger partial charge < -0.3 is 14.6 Å². The molecule has 1 aliphatic carbocycles. The molecule has 5 heteroatoms. The highest BCUT2D eigenvalue weighted by molar-refractivity contribution is 7.09. The number of aliphatic hydroxyl groups is 1. The van der Waals surface area contributed by atoms with Gasteiger partial charge in [0, 0.05) is 30.6 Å². The fourth-order valence-corrected chi connectivity index (χ4v) is 3.55. The Labute approximate surface area is 130 Å². The lowest BCUT2D eigenvalue weighted by atomic mass is 10.2. The van der Waals surface area contributed by atoms with Crippen molar-refractivity contribution < 1.29 is 14.6 Å². The summed E-state index contributed by atoms with van der Waals surface area (Å²) in [4.78, 5) is 3.76. The molecule has 1 saturated heterocycles. The van der Waals surface area contributed by atoms with Crippen LogP contribution in [0.3, 0.4) is 0 Å². The molecule has 0 spiro atoms. The van der Waals surface area contributed by atoms with Crippen molar-refractivity contribution in [1.29, 1.82) is 0 Å². The zero-order chi connectivity index (χ0) is 14.5. The number of aliphatic hydroxyl groups excluding tert-OH is 1. The summed E-state index contributed by atoms with van der Waals surface area (Å²) in [6.07, 6.45) is 4.56. The minimum absolute atomic E-state index is 0.239. The average molecular weight is 311 g/mol. The van der Waals surface area contributed by atoms with Crippen molar-refractivity contribution in [2.24, 2.45) is 0 Å². The lowest BCUT2D eigenvalue weighted by Crippen LogP contribution is -2.36. The summed E-state index contributed by atoms with van der Waals surface area (Å²) in [6.45, 7) is 3.53. The van der Waals surface area contributed by atoms with Crippen LogP contribution in [-0.2, 0) is 16.0 Å². The summed E-state index contributed by atoms with van der Waals surface area (Å²) in [5.74, 6) is 0.